The molecule has 1 aliphatic heterocycles. The van der Waals surface area contributed by atoms with Crippen molar-refractivity contribution in [2.45, 2.75) is 52.1 Å². The van der Waals surface area contributed by atoms with E-state index in [-0.39, 0.29) is 17.5 Å². The third-order valence-electron chi connectivity index (χ3n) is 7.39. The molecule has 32 heavy (non-hydrogen) atoms. The van der Waals surface area contributed by atoms with Crippen molar-refractivity contribution in [3.05, 3.63) is 58.8 Å². The van der Waals surface area contributed by atoms with Crippen molar-refractivity contribution >= 4 is 17.4 Å². The van der Waals surface area contributed by atoms with Gasteiger partial charge in [0.1, 0.15) is 11.5 Å². The lowest BCUT2D eigenvalue weighted by Crippen LogP contribution is -2.47. The van der Waals surface area contributed by atoms with Gasteiger partial charge < -0.3 is 25.0 Å². The van der Waals surface area contributed by atoms with Gasteiger partial charge in [0, 0.05) is 28.4 Å². The summed E-state index contributed by atoms with van der Waals surface area (Å²) in [7, 11) is 3.34. The van der Waals surface area contributed by atoms with E-state index in [4.69, 9.17) is 9.47 Å². The smallest absolute Gasteiger partial charge is 0.322 e. The second-order valence-electron chi connectivity index (χ2n) is 9.25. The van der Waals surface area contributed by atoms with E-state index in [2.05, 4.69) is 48.8 Å². The van der Waals surface area contributed by atoms with Gasteiger partial charge in [0.05, 0.1) is 26.5 Å². The summed E-state index contributed by atoms with van der Waals surface area (Å²) in [6, 6.07) is 10.4. The molecule has 0 atom stereocenters. The molecule has 2 amide bonds. The van der Waals surface area contributed by atoms with E-state index in [9.17, 15) is 4.79 Å². The van der Waals surface area contributed by atoms with Gasteiger partial charge in [0.2, 0.25) is 0 Å². The van der Waals surface area contributed by atoms with Crippen LogP contribution in [0.5, 0.6) is 11.5 Å². The highest BCUT2D eigenvalue weighted by molar-refractivity contribution is 5.94. The summed E-state index contributed by atoms with van der Waals surface area (Å²) in [4.78, 5) is 14.9. The first-order valence-electron chi connectivity index (χ1n) is 11.3. The van der Waals surface area contributed by atoms with Crippen molar-refractivity contribution < 1.29 is 14.3 Å². The Bertz CT molecular complexity index is 1100. The molecule has 0 unspecified atom stereocenters. The molecule has 2 N–H and O–H groups in total. The maximum Gasteiger partial charge on any atom is 0.322 e. The Morgan fingerprint density at radius 1 is 1.03 bits per heavy atom. The zero-order valence-electron chi connectivity index (χ0n) is 19.2. The molecular weight excluding hydrogens is 402 g/mol. The molecular formula is C26H31N3O3. The van der Waals surface area contributed by atoms with Crippen molar-refractivity contribution in [1.82, 2.24) is 4.90 Å². The standard InChI is InChI=1S/C26H31N3O3/c1-16-5-7-22(32-4)24-20(16)15-29(25(30)28-24)19-9-11-26(12-10-19)14-23(26)27-18-6-8-21(31-3)17(2)13-18/h5-8,13-14,19,27H,9-12,15H2,1-4H3,(H,28,30). The molecule has 2 aliphatic carbocycles. The summed E-state index contributed by atoms with van der Waals surface area (Å²) < 4.78 is 10.8. The number of ether oxygens (including phenoxy) is 2. The molecule has 2 aromatic carbocycles. The van der Waals surface area contributed by atoms with Crippen LogP contribution in [0.1, 0.15) is 42.4 Å². The van der Waals surface area contributed by atoms with E-state index in [0.717, 1.165) is 59.7 Å². The number of nitrogens with one attached hydrogen (secondary N) is 2. The molecule has 1 spiro atoms. The second kappa shape index (κ2) is 7.76. The van der Waals surface area contributed by atoms with Crippen molar-refractivity contribution in [1.29, 1.82) is 0 Å². The van der Waals surface area contributed by atoms with E-state index >= 15 is 0 Å². The van der Waals surface area contributed by atoms with Gasteiger partial charge >= 0.3 is 6.03 Å². The van der Waals surface area contributed by atoms with Crippen LogP contribution in [-0.4, -0.2) is 31.2 Å². The molecule has 0 saturated heterocycles. The summed E-state index contributed by atoms with van der Waals surface area (Å²) in [6.07, 6.45) is 6.53. The molecule has 2 aromatic rings. The van der Waals surface area contributed by atoms with Crippen LogP contribution in [0.3, 0.4) is 0 Å². The van der Waals surface area contributed by atoms with Gasteiger partial charge in [0.25, 0.3) is 0 Å². The normalized spacial score (nSPS) is 23.9. The molecule has 3 aliphatic rings. The average Bonchev–Trinajstić information content (AvgIpc) is 3.45. The molecule has 1 fully saturated rings. The lowest BCUT2D eigenvalue weighted by molar-refractivity contribution is 0.145. The number of amides is 2. The van der Waals surface area contributed by atoms with Crippen LogP contribution >= 0.6 is 0 Å². The van der Waals surface area contributed by atoms with Crippen molar-refractivity contribution in [3.63, 3.8) is 0 Å². The molecule has 1 saturated carbocycles. The van der Waals surface area contributed by atoms with E-state index in [0.29, 0.717) is 6.54 Å². The first-order valence-corrected chi connectivity index (χ1v) is 11.3. The quantitative estimate of drug-likeness (QED) is 0.644. The molecule has 0 aromatic heterocycles. The Labute approximate surface area is 189 Å². The maximum atomic E-state index is 12.9. The van der Waals surface area contributed by atoms with Crippen molar-refractivity contribution in [2.75, 3.05) is 24.9 Å². The number of rotatable bonds is 5. The second-order valence-corrected chi connectivity index (χ2v) is 9.25. The number of urea groups is 1. The van der Waals surface area contributed by atoms with Crippen molar-refractivity contribution in [2.24, 2.45) is 5.41 Å². The van der Waals surface area contributed by atoms with Gasteiger partial charge in [-0.05, 0) is 74.9 Å². The summed E-state index contributed by atoms with van der Waals surface area (Å²) >= 11 is 0. The predicted octanol–water partition coefficient (Wildman–Crippen LogP) is 5.61. The lowest BCUT2D eigenvalue weighted by Gasteiger charge is -2.40. The van der Waals surface area contributed by atoms with E-state index in [1.165, 1.54) is 11.3 Å². The van der Waals surface area contributed by atoms with E-state index < -0.39 is 0 Å². The van der Waals surface area contributed by atoms with Crippen LogP contribution in [0.2, 0.25) is 0 Å². The monoisotopic (exact) mass is 433 g/mol. The molecule has 168 valence electrons. The highest BCUT2D eigenvalue weighted by Crippen LogP contribution is 2.55. The first-order chi connectivity index (χ1) is 15.4. The fourth-order valence-electron chi connectivity index (χ4n) is 5.31. The van der Waals surface area contributed by atoms with Gasteiger partial charge in [-0.3, -0.25) is 0 Å². The fraction of sp³-hybridized carbons (Fsp3) is 0.423. The fourth-order valence-corrected chi connectivity index (χ4v) is 5.31. The van der Waals surface area contributed by atoms with E-state index in [1.54, 1.807) is 14.2 Å². The molecule has 5 rings (SSSR count). The number of methoxy groups -OCH3 is 2. The van der Waals surface area contributed by atoms with Gasteiger partial charge in [-0.15, -0.1) is 0 Å². The van der Waals surface area contributed by atoms with Gasteiger partial charge in [-0.1, -0.05) is 12.1 Å². The number of carbonyl (C=O) groups excluding carboxylic acids is 1. The number of hydrogen-bond acceptors (Lipinski definition) is 4. The first kappa shape index (κ1) is 20.7. The van der Waals surface area contributed by atoms with Crippen molar-refractivity contribution in [3.8, 4) is 11.5 Å². The highest BCUT2D eigenvalue weighted by Gasteiger charge is 2.48. The van der Waals surface area contributed by atoms with Crippen LogP contribution in [0.15, 0.2) is 42.1 Å². The zero-order valence-corrected chi connectivity index (χ0v) is 19.2. The van der Waals surface area contributed by atoms with Crippen LogP contribution in [0.4, 0.5) is 16.2 Å². The van der Waals surface area contributed by atoms with Crippen LogP contribution in [0, 0.1) is 19.3 Å². The third kappa shape index (κ3) is 3.48. The molecule has 0 radical (unpaired) electrons. The summed E-state index contributed by atoms with van der Waals surface area (Å²) in [5.41, 5.74) is 6.88. The summed E-state index contributed by atoms with van der Waals surface area (Å²) in [6.45, 7) is 4.80. The largest absolute Gasteiger partial charge is 0.496 e. The summed E-state index contributed by atoms with van der Waals surface area (Å²) in [5, 5.41) is 6.69. The Hall–Kier alpha value is -3.15. The Balaban J connectivity index is 1.22. The molecule has 0 bridgehead atoms. The number of fused-ring (bicyclic) bond motifs is 1. The van der Waals surface area contributed by atoms with Crippen LogP contribution < -0.4 is 20.1 Å². The van der Waals surface area contributed by atoms with E-state index in [1.807, 2.05) is 17.0 Å². The minimum absolute atomic E-state index is 0.0156. The Morgan fingerprint density at radius 2 is 1.75 bits per heavy atom. The number of hydrogen-bond donors (Lipinski definition) is 2. The number of aryl methyl sites for hydroxylation is 2. The van der Waals surface area contributed by atoms with Crippen LogP contribution in [-0.2, 0) is 6.54 Å². The topological polar surface area (TPSA) is 62.8 Å². The molecule has 1 heterocycles. The highest BCUT2D eigenvalue weighted by atomic mass is 16.5. The minimum Gasteiger partial charge on any atom is -0.496 e. The number of allylic oxidation sites excluding steroid dienone is 2. The number of anilines is 2. The number of benzene rings is 2. The van der Waals surface area contributed by atoms with Gasteiger partial charge in [-0.25, -0.2) is 4.79 Å². The molecule has 6 heteroatoms. The maximum absolute atomic E-state index is 12.9. The Kier molecular flexibility index (Phi) is 5.03. The SMILES string of the molecule is COc1ccc(NC2=CC23CCC(N2Cc4c(C)ccc(OC)c4NC2=O)CC3)cc1C. The lowest BCUT2D eigenvalue weighted by atomic mass is 9.80. The zero-order chi connectivity index (χ0) is 22.5. The van der Waals surface area contributed by atoms with Gasteiger partial charge in [0.15, 0.2) is 0 Å². The van der Waals surface area contributed by atoms with Crippen LogP contribution in [0.25, 0.3) is 0 Å². The minimum atomic E-state index is -0.0156. The third-order valence-corrected chi connectivity index (χ3v) is 7.39. The molecule has 6 nitrogen and oxygen atoms in total. The number of nitrogens with zero attached hydrogens (tertiary/aromatic N) is 1. The average molecular weight is 434 g/mol. The summed E-state index contributed by atoms with van der Waals surface area (Å²) in [5.74, 6) is 1.64. The van der Waals surface area contributed by atoms with Gasteiger partial charge in [-0.2, -0.15) is 0 Å². The Morgan fingerprint density at radius 3 is 2.44 bits per heavy atom. The predicted molar refractivity (Wildman–Crippen MR) is 126 cm³/mol. The number of carbonyl (C=O) groups is 1.